The van der Waals surface area contributed by atoms with Crippen molar-refractivity contribution in [1.82, 2.24) is 0 Å². The van der Waals surface area contributed by atoms with Gasteiger partial charge >= 0.3 is 0 Å². The predicted molar refractivity (Wildman–Crippen MR) is 102 cm³/mol. The van der Waals surface area contributed by atoms with Crippen LogP contribution >= 0.6 is 0 Å². The summed E-state index contributed by atoms with van der Waals surface area (Å²) in [6.45, 7) is 1.96. The smallest absolute Gasteiger partial charge is 0.263 e. The summed E-state index contributed by atoms with van der Waals surface area (Å²) in [5.74, 6) is 0.0161. The van der Waals surface area contributed by atoms with Crippen molar-refractivity contribution in [1.29, 1.82) is 0 Å². The highest BCUT2D eigenvalue weighted by molar-refractivity contribution is 6.07. The Hall–Kier alpha value is -2.66. The number of carbonyl (C=O) groups is 2. The maximum atomic E-state index is 13.1. The molecule has 1 amide bonds. The van der Waals surface area contributed by atoms with Crippen molar-refractivity contribution in [3.63, 3.8) is 0 Å². The zero-order valence-electron chi connectivity index (χ0n) is 15.8. The topological polar surface area (TPSA) is 66.8 Å². The van der Waals surface area contributed by atoms with E-state index in [4.69, 9.17) is 4.74 Å². The fourth-order valence-corrected chi connectivity index (χ4v) is 4.55. The van der Waals surface area contributed by atoms with Gasteiger partial charge in [-0.3, -0.25) is 9.59 Å². The Bertz CT molecular complexity index is 951. The number of methoxy groups -OCH3 is 1. The number of carbonyl (C=O) groups excluding carboxylic acids is 2. The van der Waals surface area contributed by atoms with Gasteiger partial charge in [0.1, 0.15) is 5.75 Å². The van der Waals surface area contributed by atoms with Gasteiger partial charge in [-0.25, -0.2) is 0 Å². The molecule has 2 aromatic rings. The molecule has 1 N–H and O–H groups in total. The molecule has 0 radical (unpaired) electrons. The third-order valence-corrected chi connectivity index (χ3v) is 6.06. The number of likely N-dealkylation sites (N-methyl/N-ethyl adjacent to an activating group) is 1. The first kappa shape index (κ1) is 17.7. The highest BCUT2D eigenvalue weighted by Crippen LogP contribution is 2.45. The van der Waals surface area contributed by atoms with E-state index in [2.05, 4.69) is 0 Å². The lowest BCUT2D eigenvalue weighted by molar-refractivity contribution is -0.137. The number of fused-ring (bicyclic) bond motifs is 2. The molecule has 0 bridgehead atoms. The number of nitrogens with zero attached hydrogens (tertiary/aromatic N) is 1. The normalized spacial score (nSPS) is 24.0. The largest absolute Gasteiger partial charge is 0.496 e. The van der Waals surface area contributed by atoms with Gasteiger partial charge < -0.3 is 14.7 Å². The van der Waals surface area contributed by atoms with E-state index < -0.39 is 5.60 Å². The molecule has 27 heavy (non-hydrogen) atoms. The number of benzene rings is 2. The minimum absolute atomic E-state index is 0.00439. The summed E-state index contributed by atoms with van der Waals surface area (Å²) in [5.41, 5.74) is 2.32. The van der Waals surface area contributed by atoms with E-state index in [1.807, 2.05) is 31.2 Å². The quantitative estimate of drug-likeness (QED) is 0.908. The number of hydrogen-bond acceptors (Lipinski definition) is 4. The van der Waals surface area contributed by atoms with Crippen molar-refractivity contribution in [2.75, 3.05) is 19.1 Å². The van der Waals surface area contributed by atoms with Gasteiger partial charge in [0, 0.05) is 24.1 Å². The number of ether oxygens (including phenoxy) is 1. The first-order valence-corrected chi connectivity index (χ1v) is 9.19. The number of amides is 1. The molecule has 1 aliphatic heterocycles. The summed E-state index contributed by atoms with van der Waals surface area (Å²) >= 11 is 0. The molecule has 0 spiro atoms. The summed E-state index contributed by atoms with van der Waals surface area (Å²) in [6.07, 6.45) is 1.45. The van der Waals surface area contributed by atoms with Gasteiger partial charge in [-0.05, 0) is 55.5 Å². The van der Waals surface area contributed by atoms with Gasteiger partial charge in [0.2, 0.25) is 0 Å². The van der Waals surface area contributed by atoms with E-state index in [1.165, 1.54) is 4.90 Å². The average molecular weight is 365 g/mol. The number of aliphatic hydroxyl groups is 1. The Morgan fingerprint density at radius 3 is 2.70 bits per heavy atom. The van der Waals surface area contributed by atoms with Crippen molar-refractivity contribution >= 4 is 17.4 Å². The Morgan fingerprint density at radius 1 is 1.22 bits per heavy atom. The summed E-state index contributed by atoms with van der Waals surface area (Å²) in [5, 5.41) is 11.3. The minimum atomic E-state index is -1.65. The van der Waals surface area contributed by atoms with Crippen LogP contribution in [0.2, 0.25) is 0 Å². The highest BCUT2D eigenvalue weighted by Gasteiger charge is 2.50. The third-order valence-electron chi connectivity index (χ3n) is 6.06. The van der Waals surface area contributed by atoms with Crippen LogP contribution in [0.3, 0.4) is 0 Å². The van der Waals surface area contributed by atoms with E-state index in [0.717, 1.165) is 23.3 Å². The highest BCUT2D eigenvalue weighted by atomic mass is 16.5. The summed E-state index contributed by atoms with van der Waals surface area (Å²) in [6, 6.07) is 10.9. The third kappa shape index (κ3) is 2.49. The SMILES string of the molecule is COc1ccc2c(c1C)CC[C@H](C[C@]1(O)C(=O)N(C)c3ccccc31)C2=O. The van der Waals surface area contributed by atoms with E-state index >= 15 is 0 Å². The predicted octanol–water partition coefficient (Wildman–Crippen LogP) is 3.00. The molecule has 1 heterocycles. The molecule has 0 unspecified atom stereocenters. The van der Waals surface area contributed by atoms with Gasteiger partial charge in [0.15, 0.2) is 11.4 Å². The molecule has 5 heteroatoms. The second-order valence-corrected chi connectivity index (χ2v) is 7.46. The van der Waals surface area contributed by atoms with Crippen molar-refractivity contribution in [3.8, 4) is 5.75 Å². The first-order chi connectivity index (χ1) is 12.9. The second-order valence-electron chi connectivity index (χ2n) is 7.46. The van der Waals surface area contributed by atoms with E-state index in [0.29, 0.717) is 23.2 Å². The maximum absolute atomic E-state index is 13.1. The van der Waals surface area contributed by atoms with Crippen molar-refractivity contribution in [2.24, 2.45) is 5.92 Å². The van der Waals surface area contributed by atoms with E-state index in [-0.39, 0.29) is 24.0 Å². The molecule has 0 saturated carbocycles. The molecule has 5 nitrogen and oxygen atoms in total. The molecule has 0 saturated heterocycles. The number of anilines is 1. The van der Waals surface area contributed by atoms with E-state index in [1.54, 1.807) is 26.3 Å². The molecular formula is C22H23NO4. The number of hydrogen-bond donors (Lipinski definition) is 1. The lowest BCUT2D eigenvalue weighted by Gasteiger charge is -2.30. The van der Waals surface area contributed by atoms with Crippen LogP contribution in [0.5, 0.6) is 5.75 Å². The fourth-order valence-electron chi connectivity index (χ4n) is 4.55. The zero-order valence-corrected chi connectivity index (χ0v) is 15.8. The molecule has 2 aliphatic rings. The monoisotopic (exact) mass is 365 g/mol. The number of Topliss-reactive ketones (excluding diaryl/α,β-unsaturated/α-hetero) is 1. The second kappa shape index (κ2) is 6.20. The Kier molecular flexibility index (Phi) is 4.07. The number of para-hydroxylation sites is 1. The lowest BCUT2D eigenvalue weighted by Crippen LogP contribution is -2.42. The van der Waals surface area contributed by atoms with E-state index in [9.17, 15) is 14.7 Å². The zero-order chi connectivity index (χ0) is 19.3. The maximum Gasteiger partial charge on any atom is 0.263 e. The van der Waals surface area contributed by atoms with Crippen LogP contribution in [0.15, 0.2) is 36.4 Å². The number of rotatable bonds is 3. The lowest BCUT2D eigenvalue weighted by atomic mass is 9.74. The van der Waals surface area contributed by atoms with Crippen LogP contribution in [-0.4, -0.2) is 31.0 Å². The molecule has 140 valence electrons. The van der Waals surface area contributed by atoms with Crippen molar-refractivity contribution in [2.45, 2.75) is 31.8 Å². The fraction of sp³-hybridized carbons (Fsp3) is 0.364. The van der Waals surface area contributed by atoms with Crippen molar-refractivity contribution in [3.05, 3.63) is 58.7 Å². The summed E-state index contributed by atoms with van der Waals surface area (Å²) in [4.78, 5) is 27.4. The summed E-state index contributed by atoms with van der Waals surface area (Å²) in [7, 11) is 3.28. The average Bonchev–Trinajstić information content (AvgIpc) is 2.87. The Morgan fingerprint density at radius 2 is 1.96 bits per heavy atom. The van der Waals surface area contributed by atoms with Gasteiger partial charge in [-0.1, -0.05) is 18.2 Å². The first-order valence-electron chi connectivity index (χ1n) is 9.19. The van der Waals surface area contributed by atoms with Gasteiger partial charge in [-0.15, -0.1) is 0 Å². The molecule has 1 aliphatic carbocycles. The molecule has 4 rings (SSSR count). The van der Waals surface area contributed by atoms with Crippen LogP contribution in [0.25, 0.3) is 0 Å². The molecule has 0 fully saturated rings. The van der Waals surface area contributed by atoms with Gasteiger partial charge in [0.25, 0.3) is 5.91 Å². The van der Waals surface area contributed by atoms with Crippen LogP contribution in [0.1, 0.15) is 39.9 Å². The molecule has 0 aromatic heterocycles. The summed E-state index contributed by atoms with van der Waals surface area (Å²) < 4.78 is 5.36. The van der Waals surface area contributed by atoms with Crippen LogP contribution in [0, 0.1) is 12.8 Å². The van der Waals surface area contributed by atoms with Crippen LogP contribution < -0.4 is 9.64 Å². The Balaban J connectivity index is 1.68. The molecular weight excluding hydrogens is 342 g/mol. The standard InChI is InChI=1S/C22H23NO4/c1-13-15-9-8-14(20(24)16(15)10-11-19(13)27-3)12-22(26)17-6-4-5-7-18(17)23(2)21(22)25/h4-7,10-11,14,26H,8-9,12H2,1-3H3/t14-,22-/m1/s1. The molecule has 2 aromatic carbocycles. The van der Waals surface area contributed by atoms with Gasteiger partial charge in [0.05, 0.1) is 12.8 Å². The minimum Gasteiger partial charge on any atom is -0.496 e. The number of ketones is 1. The van der Waals surface area contributed by atoms with Crippen molar-refractivity contribution < 1.29 is 19.4 Å². The molecule has 2 atom stereocenters. The van der Waals surface area contributed by atoms with Gasteiger partial charge in [-0.2, -0.15) is 0 Å². The van der Waals surface area contributed by atoms with Crippen LogP contribution in [0.4, 0.5) is 5.69 Å². The van der Waals surface area contributed by atoms with Crippen LogP contribution in [-0.2, 0) is 16.8 Å². The Labute approximate surface area is 158 Å².